The molecule has 1 fully saturated rings. The molecule has 2 aromatic rings. The molecule has 1 aromatic heterocycles. The molecule has 1 aliphatic heterocycles. The number of nitrogens with one attached hydrogen (secondary N) is 2. The Balaban J connectivity index is 1.65. The van der Waals surface area contributed by atoms with Crippen molar-refractivity contribution in [2.75, 3.05) is 11.5 Å². The fourth-order valence-corrected chi connectivity index (χ4v) is 3.70. The maximum atomic E-state index is 12.6. The summed E-state index contributed by atoms with van der Waals surface area (Å²) in [5.41, 5.74) is 7.18. The van der Waals surface area contributed by atoms with Gasteiger partial charge in [-0.25, -0.2) is 4.79 Å². The van der Waals surface area contributed by atoms with E-state index >= 15 is 0 Å². The molecule has 0 radical (unpaired) electrons. The van der Waals surface area contributed by atoms with Crippen LogP contribution in [0.1, 0.15) is 12.5 Å². The van der Waals surface area contributed by atoms with E-state index < -0.39 is 23.4 Å². The fourth-order valence-electron chi connectivity index (χ4n) is 2.27. The monoisotopic (exact) mass is 378 g/mol. The molecule has 1 saturated heterocycles. The second-order valence-electron chi connectivity index (χ2n) is 5.29. The van der Waals surface area contributed by atoms with E-state index in [0.717, 1.165) is 23.1 Å². The van der Waals surface area contributed by atoms with Crippen molar-refractivity contribution in [2.24, 2.45) is 0 Å². The minimum atomic E-state index is -1.23. The first-order valence-electron chi connectivity index (χ1n) is 7.13. The molecule has 0 bridgehead atoms. The standard InChI is InChI=1S/C14H14N6O3S2/c1-14(8-5-3-2-4-6-8)10(22)20(12(23)16-14)19-9(21)7-24-13-18-17-11(15)25-13/h2-6H,7H2,1H3,(H2,15,17)(H,16,23)(H,19,21). The number of hydrogen-bond donors (Lipinski definition) is 3. The van der Waals surface area contributed by atoms with E-state index in [-0.39, 0.29) is 5.75 Å². The van der Waals surface area contributed by atoms with Crippen molar-refractivity contribution in [1.82, 2.24) is 25.9 Å². The largest absolute Gasteiger partial charge is 0.374 e. The predicted octanol–water partition coefficient (Wildman–Crippen LogP) is 0.711. The van der Waals surface area contributed by atoms with Crippen LogP contribution in [0.3, 0.4) is 0 Å². The first-order valence-corrected chi connectivity index (χ1v) is 8.94. The van der Waals surface area contributed by atoms with Crippen LogP contribution < -0.4 is 16.5 Å². The summed E-state index contributed by atoms with van der Waals surface area (Å²) in [5, 5.41) is 11.0. The summed E-state index contributed by atoms with van der Waals surface area (Å²) in [6, 6.07) is 8.13. The number of aromatic nitrogens is 2. The molecule has 130 valence electrons. The second-order valence-corrected chi connectivity index (χ2v) is 7.52. The van der Waals surface area contributed by atoms with Crippen LogP contribution in [0.5, 0.6) is 0 Å². The summed E-state index contributed by atoms with van der Waals surface area (Å²) in [6.45, 7) is 1.59. The van der Waals surface area contributed by atoms with Crippen molar-refractivity contribution >= 4 is 46.1 Å². The lowest BCUT2D eigenvalue weighted by molar-refractivity contribution is -0.138. The maximum absolute atomic E-state index is 12.6. The summed E-state index contributed by atoms with van der Waals surface area (Å²) in [7, 11) is 0. The lowest BCUT2D eigenvalue weighted by atomic mass is 9.92. The highest BCUT2D eigenvalue weighted by Crippen LogP contribution is 2.28. The number of carbonyl (C=O) groups is 3. The van der Waals surface area contributed by atoms with E-state index in [2.05, 4.69) is 20.9 Å². The van der Waals surface area contributed by atoms with E-state index in [4.69, 9.17) is 5.73 Å². The summed E-state index contributed by atoms with van der Waals surface area (Å²) < 4.78 is 0.527. The van der Waals surface area contributed by atoms with Gasteiger partial charge in [-0.3, -0.25) is 15.0 Å². The SMILES string of the molecule is CC1(c2ccccc2)NC(=O)N(NC(=O)CSc2nnc(N)s2)C1=O. The van der Waals surface area contributed by atoms with E-state index in [1.54, 1.807) is 31.2 Å². The number of urea groups is 1. The van der Waals surface area contributed by atoms with Gasteiger partial charge in [-0.1, -0.05) is 53.4 Å². The van der Waals surface area contributed by atoms with Gasteiger partial charge in [0, 0.05) is 0 Å². The van der Waals surface area contributed by atoms with Gasteiger partial charge in [0.15, 0.2) is 4.34 Å². The highest BCUT2D eigenvalue weighted by Gasteiger charge is 2.49. The molecule has 0 aliphatic carbocycles. The van der Waals surface area contributed by atoms with Crippen molar-refractivity contribution in [3.63, 3.8) is 0 Å². The Labute approximate surface area is 150 Å². The molecule has 3 rings (SSSR count). The second kappa shape index (κ2) is 6.69. The van der Waals surface area contributed by atoms with Crippen LogP contribution in [0.2, 0.25) is 0 Å². The molecule has 1 unspecified atom stereocenters. The minimum Gasteiger partial charge on any atom is -0.374 e. The lowest BCUT2D eigenvalue weighted by Crippen LogP contribution is -2.48. The summed E-state index contributed by atoms with van der Waals surface area (Å²) in [6.07, 6.45) is 0. The number of rotatable bonds is 5. The Hall–Kier alpha value is -2.66. The number of carbonyl (C=O) groups excluding carboxylic acids is 3. The number of nitrogens with two attached hydrogens (primary N) is 1. The normalized spacial score (nSPS) is 19.8. The third-order valence-corrected chi connectivity index (χ3v) is 5.41. The number of hydrazine groups is 1. The molecule has 0 spiro atoms. The van der Waals surface area contributed by atoms with Crippen molar-refractivity contribution in [3.05, 3.63) is 35.9 Å². The number of thioether (sulfide) groups is 1. The molecule has 0 saturated carbocycles. The molecule has 2 heterocycles. The minimum absolute atomic E-state index is 0.0340. The number of nitrogens with zero attached hydrogens (tertiary/aromatic N) is 3. The van der Waals surface area contributed by atoms with Crippen molar-refractivity contribution in [2.45, 2.75) is 16.8 Å². The van der Waals surface area contributed by atoms with Crippen molar-refractivity contribution in [1.29, 1.82) is 0 Å². The molecule has 11 heteroatoms. The van der Waals surface area contributed by atoms with Crippen LogP contribution in [0.15, 0.2) is 34.7 Å². The van der Waals surface area contributed by atoms with E-state index in [0.29, 0.717) is 20.0 Å². The van der Waals surface area contributed by atoms with Gasteiger partial charge in [0.2, 0.25) is 11.0 Å². The molecule has 4 N–H and O–H groups in total. The summed E-state index contributed by atoms with van der Waals surface area (Å²) in [4.78, 5) is 36.8. The maximum Gasteiger partial charge on any atom is 0.344 e. The highest BCUT2D eigenvalue weighted by atomic mass is 32.2. The molecule has 9 nitrogen and oxygen atoms in total. The van der Waals surface area contributed by atoms with Crippen LogP contribution in [-0.2, 0) is 15.1 Å². The van der Waals surface area contributed by atoms with Gasteiger partial charge in [0.05, 0.1) is 5.75 Å². The van der Waals surface area contributed by atoms with Crippen LogP contribution in [0.25, 0.3) is 0 Å². The van der Waals surface area contributed by atoms with Gasteiger partial charge in [-0.2, -0.15) is 5.01 Å². The third-order valence-electron chi connectivity index (χ3n) is 3.53. The van der Waals surface area contributed by atoms with Crippen LogP contribution in [-0.4, -0.2) is 38.8 Å². The summed E-state index contributed by atoms with van der Waals surface area (Å²) in [5.74, 6) is -1.10. The van der Waals surface area contributed by atoms with E-state index in [1.807, 2.05) is 6.07 Å². The first kappa shape index (κ1) is 17.2. The van der Waals surface area contributed by atoms with Gasteiger partial charge in [0.1, 0.15) is 5.54 Å². The van der Waals surface area contributed by atoms with Crippen molar-refractivity contribution in [3.8, 4) is 0 Å². The predicted molar refractivity (Wildman–Crippen MR) is 92.4 cm³/mol. The molecule has 25 heavy (non-hydrogen) atoms. The smallest absolute Gasteiger partial charge is 0.344 e. The molecular formula is C14H14N6O3S2. The Morgan fingerprint density at radius 1 is 1.36 bits per heavy atom. The third kappa shape index (κ3) is 3.42. The number of amides is 4. The molecular weight excluding hydrogens is 364 g/mol. The average Bonchev–Trinajstić information content (AvgIpc) is 3.11. The van der Waals surface area contributed by atoms with Gasteiger partial charge in [-0.15, -0.1) is 10.2 Å². The van der Waals surface area contributed by atoms with Gasteiger partial charge in [-0.05, 0) is 12.5 Å². The van der Waals surface area contributed by atoms with E-state index in [1.165, 1.54) is 0 Å². The highest BCUT2D eigenvalue weighted by molar-refractivity contribution is 8.01. The van der Waals surface area contributed by atoms with Gasteiger partial charge >= 0.3 is 6.03 Å². The molecule has 1 aliphatic rings. The number of anilines is 1. The zero-order chi connectivity index (χ0) is 18.0. The summed E-state index contributed by atoms with van der Waals surface area (Å²) >= 11 is 2.26. The topological polar surface area (TPSA) is 130 Å². The van der Waals surface area contributed by atoms with Crippen LogP contribution in [0, 0.1) is 0 Å². The Kier molecular flexibility index (Phi) is 4.59. The van der Waals surface area contributed by atoms with Gasteiger partial charge in [0.25, 0.3) is 5.91 Å². The Morgan fingerprint density at radius 2 is 2.08 bits per heavy atom. The zero-order valence-corrected chi connectivity index (χ0v) is 14.7. The van der Waals surface area contributed by atoms with Crippen LogP contribution >= 0.6 is 23.1 Å². The average molecular weight is 378 g/mol. The zero-order valence-electron chi connectivity index (χ0n) is 13.1. The molecule has 4 amide bonds. The first-order chi connectivity index (χ1) is 11.9. The number of nitrogen functional groups attached to an aromatic ring is 1. The number of benzene rings is 1. The fraction of sp³-hybridized carbons (Fsp3) is 0.214. The molecule has 1 aromatic carbocycles. The van der Waals surface area contributed by atoms with Gasteiger partial charge < -0.3 is 11.1 Å². The van der Waals surface area contributed by atoms with Crippen molar-refractivity contribution < 1.29 is 14.4 Å². The lowest BCUT2D eigenvalue weighted by Gasteiger charge is -2.22. The number of hydrogen-bond acceptors (Lipinski definition) is 8. The quantitative estimate of drug-likeness (QED) is 0.516. The molecule has 1 atom stereocenters. The Bertz CT molecular complexity index is 827. The van der Waals surface area contributed by atoms with E-state index in [9.17, 15) is 14.4 Å². The number of imide groups is 1. The van der Waals surface area contributed by atoms with Crippen LogP contribution in [0.4, 0.5) is 9.93 Å². The Morgan fingerprint density at radius 3 is 2.72 bits per heavy atom.